The van der Waals surface area contributed by atoms with Gasteiger partial charge in [-0.15, -0.1) is 0 Å². The predicted octanol–water partition coefficient (Wildman–Crippen LogP) is 0.287. The number of urea groups is 1. The second-order valence-electron chi connectivity index (χ2n) is 5.15. The van der Waals surface area contributed by atoms with Gasteiger partial charge in [0.2, 0.25) is 0 Å². The van der Waals surface area contributed by atoms with E-state index in [1.54, 1.807) is 43.5 Å². The highest BCUT2D eigenvalue weighted by atomic mass is 16.2. The maximum Gasteiger partial charge on any atom is 0.322 e. The van der Waals surface area contributed by atoms with E-state index in [2.05, 4.69) is 15.6 Å². The summed E-state index contributed by atoms with van der Waals surface area (Å²) in [5, 5.41) is 4.82. The van der Waals surface area contributed by atoms with Crippen molar-refractivity contribution in [2.45, 2.75) is 19.0 Å². The van der Waals surface area contributed by atoms with Crippen LogP contribution in [0.3, 0.4) is 0 Å². The monoisotopic (exact) mass is 298 g/mol. The number of nitrogens with one attached hydrogen (secondary N) is 2. The summed E-state index contributed by atoms with van der Waals surface area (Å²) in [6.45, 7) is 1.67. The molecule has 0 saturated carbocycles. The van der Waals surface area contributed by atoms with Crippen LogP contribution in [0.2, 0.25) is 0 Å². The Morgan fingerprint density at radius 1 is 1.18 bits per heavy atom. The molecule has 1 unspecified atom stereocenters. The number of pyridine rings is 2. The molecule has 0 spiro atoms. The van der Waals surface area contributed by atoms with E-state index < -0.39 is 17.5 Å². The Bertz CT molecular complexity index is 800. The molecule has 22 heavy (non-hydrogen) atoms. The standard InChI is InChI=1S/C15H14N4O3/c1-10-5-4-8-19(12(10)20)9-15(11-6-2-3-7-16-11)13(21)17-14(22)18-15/h2-8H,9H2,1H3,(H2,17,18,21,22). The van der Waals surface area contributed by atoms with Crippen LogP contribution in [0.5, 0.6) is 0 Å². The summed E-state index contributed by atoms with van der Waals surface area (Å²) in [5.41, 5.74) is -0.669. The zero-order chi connectivity index (χ0) is 15.7. The largest absolute Gasteiger partial charge is 0.322 e. The Labute approximate surface area is 126 Å². The first-order valence-electron chi connectivity index (χ1n) is 6.74. The first-order chi connectivity index (χ1) is 10.5. The summed E-state index contributed by atoms with van der Waals surface area (Å²) in [7, 11) is 0. The molecule has 1 atom stereocenters. The van der Waals surface area contributed by atoms with E-state index in [1.165, 1.54) is 10.8 Å². The smallest absolute Gasteiger partial charge is 0.317 e. The Balaban J connectivity index is 2.12. The van der Waals surface area contributed by atoms with Gasteiger partial charge in [-0.25, -0.2) is 4.79 Å². The first kappa shape index (κ1) is 14.0. The molecule has 1 aliphatic heterocycles. The van der Waals surface area contributed by atoms with Gasteiger partial charge in [-0.3, -0.25) is 19.9 Å². The average molecular weight is 298 g/mol. The van der Waals surface area contributed by atoms with Gasteiger partial charge >= 0.3 is 6.03 Å². The molecule has 0 aromatic carbocycles. The second-order valence-corrected chi connectivity index (χ2v) is 5.15. The fourth-order valence-electron chi connectivity index (χ4n) is 2.52. The Morgan fingerprint density at radius 2 is 2.00 bits per heavy atom. The molecule has 2 aromatic heterocycles. The van der Waals surface area contributed by atoms with Gasteiger partial charge in [0.1, 0.15) is 0 Å². The summed E-state index contributed by atoms with van der Waals surface area (Å²) in [6, 6.07) is 7.89. The molecule has 7 nitrogen and oxygen atoms in total. The average Bonchev–Trinajstić information content (AvgIpc) is 2.80. The lowest BCUT2D eigenvalue weighted by Gasteiger charge is -2.26. The van der Waals surface area contributed by atoms with Crippen molar-refractivity contribution in [3.8, 4) is 0 Å². The quantitative estimate of drug-likeness (QED) is 0.796. The number of rotatable bonds is 3. The maximum atomic E-state index is 12.4. The van der Waals surface area contributed by atoms with Gasteiger partial charge in [-0.2, -0.15) is 0 Å². The van der Waals surface area contributed by atoms with Crippen molar-refractivity contribution in [1.82, 2.24) is 20.2 Å². The van der Waals surface area contributed by atoms with Crippen LogP contribution in [0.25, 0.3) is 0 Å². The van der Waals surface area contributed by atoms with E-state index in [9.17, 15) is 14.4 Å². The molecule has 112 valence electrons. The lowest BCUT2D eigenvalue weighted by atomic mass is 9.94. The third-order valence-corrected chi connectivity index (χ3v) is 3.66. The summed E-state index contributed by atoms with van der Waals surface area (Å²) >= 11 is 0. The summed E-state index contributed by atoms with van der Waals surface area (Å²) in [6.07, 6.45) is 3.12. The normalized spacial score (nSPS) is 20.6. The molecule has 0 radical (unpaired) electrons. The third-order valence-electron chi connectivity index (χ3n) is 3.66. The van der Waals surface area contributed by atoms with Gasteiger partial charge in [0.15, 0.2) is 5.54 Å². The second kappa shape index (κ2) is 5.10. The fraction of sp³-hybridized carbons (Fsp3) is 0.200. The minimum Gasteiger partial charge on any atom is -0.317 e. The zero-order valence-electron chi connectivity index (χ0n) is 11.9. The van der Waals surface area contributed by atoms with Gasteiger partial charge in [0, 0.05) is 18.0 Å². The summed E-state index contributed by atoms with van der Waals surface area (Å²) < 4.78 is 1.40. The van der Waals surface area contributed by atoms with Crippen molar-refractivity contribution in [1.29, 1.82) is 0 Å². The third kappa shape index (κ3) is 2.16. The highest BCUT2D eigenvalue weighted by Crippen LogP contribution is 2.24. The molecule has 2 aromatic rings. The number of nitrogens with zero attached hydrogens (tertiary/aromatic N) is 2. The van der Waals surface area contributed by atoms with Crippen LogP contribution in [-0.2, 0) is 16.9 Å². The Morgan fingerprint density at radius 3 is 2.64 bits per heavy atom. The number of aryl methyl sites for hydroxylation is 1. The van der Waals surface area contributed by atoms with Crippen molar-refractivity contribution in [3.05, 3.63) is 64.3 Å². The van der Waals surface area contributed by atoms with Crippen molar-refractivity contribution >= 4 is 11.9 Å². The number of hydrogen-bond donors (Lipinski definition) is 2. The minimum absolute atomic E-state index is 0.0257. The van der Waals surface area contributed by atoms with Crippen LogP contribution in [0.4, 0.5) is 4.79 Å². The van der Waals surface area contributed by atoms with Crippen LogP contribution < -0.4 is 16.2 Å². The number of aromatic nitrogens is 2. The fourth-order valence-corrected chi connectivity index (χ4v) is 2.52. The van der Waals surface area contributed by atoms with Crippen molar-refractivity contribution in [2.24, 2.45) is 0 Å². The van der Waals surface area contributed by atoms with E-state index in [1.807, 2.05) is 0 Å². The summed E-state index contributed by atoms with van der Waals surface area (Å²) in [5.74, 6) is -0.524. The first-order valence-corrected chi connectivity index (χ1v) is 6.74. The van der Waals surface area contributed by atoms with E-state index in [0.717, 1.165) is 0 Å². The molecule has 3 amide bonds. The molecule has 1 aliphatic rings. The molecular weight excluding hydrogens is 284 g/mol. The number of hydrogen-bond acceptors (Lipinski definition) is 4. The van der Waals surface area contributed by atoms with Gasteiger partial charge in [0.05, 0.1) is 12.2 Å². The summed E-state index contributed by atoms with van der Waals surface area (Å²) in [4.78, 5) is 40.4. The molecule has 1 fully saturated rings. The van der Waals surface area contributed by atoms with E-state index in [0.29, 0.717) is 11.3 Å². The molecule has 1 saturated heterocycles. The van der Waals surface area contributed by atoms with E-state index >= 15 is 0 Å². The molecule has 7 heteroatoms. The molecule has 0 bridgehead atoms. The molecule has 2 N–H and O–H groups in total. The molecule has 3 rings (SSSR count). The molecule has 0 aliphatic carbocycles. The van der Waals surface area contributed by atoms with Crippen LogP contribution in [-0.4, -0.2) is 21.5 Å². The number of amides is 3. The Kier molecular flexibility index (Phi) is 3.25. The van der Waals surface area contributed by atoms with Crippen LogP contribution in [0.15, 0.2) is 47.5 Å². The zero-order valence-corrected chi connectivity index (χ0v) is 11.9. The van der Waals surface area contributed by atoms with Crippen molar-refractivity contribution in [2.75, 3.05) is 0 Å². The Hall–Kier alpha value is -2.96. The molecule has 3 heterocycles. The van der Waals surface area contributed by atoms with Gasteiger partial charge in [0.25, 0.3) is 11.5 Å². The SMILES string of the molecule is Cc1cccn(CC2(c3ccccn3)NC(=O)NC2=O)c1=O. The molecular formula is C15H14N4O3. The van der Waals surface area contributed by atoms with Gasteiger partial charge in [-0.1, -0.05) is 12.1 Å². The predicted molar refractivity (Wildman–Crippen MR) is 78.0 cm³/mol. The van der Waals surface area contributed by atoms with Crippen LogP contribution >= 0.6 is 0 Å². The van der Waals surface area contributed by atoms with Crippen LogP contribution in [0, 0.1) is 6.92 Å². The minimum atomic E-state index is -1.39. The lowest BCUT2D eigenvalue weighted by molar-refractivity contribution is -0.125. The lowest BCUT2D eigenvalue weighted by Crippen LogP contribution is -2.49. The van der Waals surface area contributed by atoms with Crippen molar-refractivity contribution < 1.29 is 9.59 Å². The van der Waals surface area contributed by atoms with Crippen LogP contribution in [0.1, 0.15) is 11.3 Å². The van der Waals surface area contributed by atoms with E-state index in [-0.39, 0.29) is 12.1 Å². The maximum absolute atomic E-state index is 12.4. The van der Waals surface area contributed by atoms with Gasteiger partial charge < -0.3 is 9.88 Å². The number of carbonyl (C=O) groups is 2. The van der Waals surface area contributed by atoms with Gasteiger partial charge in [-0.05, 0) is 25.1 Å². The highest BCUT2D eigenvalue weighted by molar-refractivity contribution is 6.07. The topological polar surface area (TPSA) is 93.1 Å². The highest BCUT2D eigenvalue weighted by Gasteiger charge is 2.49. The van der Waals surface area contributed by atoms with E-state index in [4.69, 9.17) is 0 Å². The van der Waals surface area contributed by atoms with Crippen molar-refractivity contribution in [3.63, 3.8) is 0 Å². The number of imide groups is 1. The number of carbonyl (C=O) groups excluding carboxylic acids is 2.